The normalized spacial score (nSPS) is 15.8. The number of rotatable bonds is 7. The third kappa shape index (κ3) is 5.17. The first-order valence-corrected chi connectivity index (χ1v) is 14.3. The zero-order valence-electron chi connectivity index (χ0n) is 23.7. The minimum absolute atomic E-state index is 0.0171. The lowest BCUT2D eigenvalue weighted by Gasteiger charge is -2.37. The van der Waals surface area contributed by atoms with Gasteiger partial charge in [0, 0.05) is 49.5 Å². The second kappa shape index (κ2) is 11.2. The Bertz CT molecular complexity index is 1700. The van der Waals surface area contributed by atoms with Gasteiger partial charge in [0.1, 0.15) is 11.5 Å². The maximum absolute atomic E-state index is 13.4. The van der Waals surface area contributed by atoms with Gasteiger partial charge >= 0.3 is 5.97 Å². The second-order valence-corrected chi connectivity index (χ2v) is 11.0. The molecular weight excluding hydrogens is 534 g/mol. The van der Waals surface area contributed by atoms with Crippen LogP contribution in [0.5, 0.6) is 0 Å². The highest BCUT2D eigenvalue weighted by Crippen LogP contribution is 2.32. The van der Waals surface area contributed by atoms with Crippen molar-refractivity contribution in [3.05, 3.63) is 75.8 Å². The van der Waals surface area contributed by atoms with Crippen LogP contribution in [0.1, 0.15) is 64.9 Å². The zero-order valence-corrected chi connectivity index (χ0v) is 23.7. The molecule has 216 valence electrons. The highest BCUT2D eigenvalue weighted by Gasteiger charge is 2.26. The number of ketones is 1. The number of aromatic nitrogens is 4. The van der Waals surface area contributed by atoms with Gasteiger partial charge in [-0.2, -0.15) is 4.98 Å². The van der Waals surface area contributed by atoms with Gasteiger partial charge in [0.15, 0.2) is 5.78 Å². The molecule has 11 heteroatoms. The van der Waals surface area contributed by atoms with Crippen LogP contribution in [-0.4, -0.2) is 62.6 Å². The Balaban J connectivity index is 1.18. The number of anilines is 4. The molecule has 1 saturated carbocycles. The van der Waals surface area contributed by atoms with E-state index in [4.69, 9.17) is 10.1 Å². The molecule has 2 aliphatic rings. The van der Waals surface area contributed by atoms with E-state index in [1.54, 1.807) is 29.8 Å². The van der Waals surface area contributed by atoms with Gasteiger partial charge in [0.05, 0.1) is 23.0 Å². The average Bonchev–Trinajstić information content (AvgIpc) is 3.52. The number of aryl methyl sites for hydroxylation is 1. The quantitative estimate of drug-likeness (QED) is 0.306. The summed E-state index contributed by atoms with van der Waals surface area (Å²) in [5.74, 6) is -0.242. The van der Waals surface area contributed by atoms with Gasteiger partial charge in [-0.25, -0.2) is 14.8 Å². The topological polar surface area (TPSA) is 134 Å². The molecule has 0 spiro atoms. The van der Waals surface area contributed by atoms with E-state index in [1.165, 1.54) is 6.92 Å². The molecule has 0 amide bonds. The first-order chi connectivity index (χ1) is 20.3. The molecule has 42 heavy (non-hydrogen) atoms. The lowest BCUT2D eigenvalue weighted by atomic mass is 10.0. The van der Waals surface area contributed by atoms with E-state index < -0.39 is 5.97 Å². The van der Waals surface area contributed by atoms with Gasteiger partial charge < -0.3 is 20.2 Å². The molecule has 6 rings (SSSR count). The number of hydrogen-bond donors (Lipinski definition) is 2. The van der Waals surface area contributed by atoms with Crippen LogP contribution in [0, 0.1) is 6.92 Å². The van der Waals surface area contributed by atoms with Gasteiger partial charge in [0.25, 0.3) is 5.56 Å². The Labute approximate surface area is 242 Å². The molecule has 0 radical (unpaired) electrons. The summed E-state index contributed by atoms with van der Waals surface area (Å²) in [7, 11) is 0. The van der Waals surface area contributed by atoms with Crippen molar-refractivity contribution in [3.8, 4) is 0 Å². The average molecular weight is 568 g/mol. The van der Waals surface area contributed by atoms with Gasteiger partial charge in [-0.1, -0.05) is 12.8 Å². The summed E-state index contributed by atoms with van der Waals surface area (Å²) in [6.07, 6.45) is 7.36. The Morgan fingerprint density at radius 3 is 2.14 bits per heavy atom. The number of fused-ring (bicyclic) bond motifs is 1. The Hall–Kier alpha value is -4.80. The predicted octanol–water partition coefficient (Wildman–Crippen LogP) is 4.58. The summed E-state index contributed by atoms with van der Waals surface area (Å²) >= 11 is 0. The Morgan fingerprint density at radius 1 is 0.905 bits per heavy atom. The van der Waals surface area contributed by atoms with E-state index in [-0.39, 0.29) is 28.5 Å². The van der Waals surface area contributed by atoms with Crippen LogP contribution in [0.3, 0.4) is 0 Å². The monoisotopic (exact) mass is 567 g/mol. The van der Waals surface area contributed by atoms with E-state index >= 15 is 0 Å². The number of carboxylic acid groups (broad SMARTS) is 1. The molecule has 0 atom stereocenters. The van der Waals surface area contributed by atoms with E-state index in [2.05, 4.69) is 25.1 Å². The number of hydrogen-bond acceptors (Lipinski definition) is 9. The first kappa shape index (κ1) is 27.4. The van der Waals surface area contributed by atoms with Crippen LogP contribution in [0.15, 0.2) is 53.6 Å². The lowest BCUT2D eigenvalue weighted by Crippen LogP contribution is -2.46. The highest BCUT2D eigenvalue weighted by atomic mass is 16.4. The Kier molecular flexibility index (Phi) is 7.32. The molecule has 4 heterocycles. The minimum Gasteiger partial charge on any atom is -0.478 e. The fourth-order valence-corrected chi connectivity index (χ4v) is 6.11. The molecule has 3 aromatic heterocycles. The van der Waals surface area contributed by atoms with Gasteiger partial charge in [-0.05, 0) is 68.7 Å². The van der Waals surface area contributed by atoms with Crippen LogP contribution in [0.25, 0.3) is 11.0 Å². The molecular formula is C31H33N7O4. The van der Waals surface area contributed by atoms with Crippen molar-refractivity contribution in [1.82, 2.24) is 19.5 Å². The number of nitrogens with zero attached hydrogens (tertiary/aromatic N) is 6. The molecule has 2 fully saturated rings. The number of nitrogens with one attached hydrogen (secondary N) is 1. The van der Waals surface area contributed by atoms with Crippen LogP contribution >= 0.6 is 0 Å². The van der Waals surface area contributed by atoms with Gasteiger partial charge in [0.2, 0.25) is 5.95 Å². The molecule has 2 N–H and O–H groups in total. The van der Waals surface area contributed by atoms with Crippen molar-refractivity contribution in [1.29, 1.82) is 0 Å². The van der Waals surface area contributed by atoms with E-state index in [0.29, 0.717) is 28.4 Å². The number of Topliss-reactive ketones (excluding diaryl/α,β-unsaturated/α-hetero) is 1. The maximum atomic E-state index is 13.4. The summed E-state index contributed by atoms with van der Waals surface area (Å²) in [5, 5.41) is 13.0. The van der Waals surface area contributed by atoms with Crippen molar-refractivity contribution >= 4 is 45.9 Å². The number of aromatic carboxylic acids is 1. The third-order valence-electron chi connectivity index (χ3n) is 8.36. The fraction of sp³-hybridized carbons (Fsp3) is 0.355. The SMILES string of the molecule is CC(=O)c1c(C)c2cnc(Nc3ccc(N4CCN(c5ccc(C(=O)O)cc5)CC4)cn3)nc2n(C2CCCC2)c1=O. The Morgan fingerprint density at radius 2 is 1.55 bits per heavy atom. The second-order valence-electron chi connectivity index (χ2n) is 11.0. The standard InChI is InChI=1S/C31H33N7O4/c1-19-25-18-33-31(35-28(25)38(23-5-3-4-6-23)29(40)27(19)20(2)39)34-26-12-11-24(17-32-26)37-15-13-36(14-16-37)22-9-7-21(8-10-22)30(41)42/h7-12,17-18,23H,3-6,13-16H2,1-2H3,(H,41,42)(H,32,33,34,35). The number of carbonyl (C=O) groups excluding carboxylic acids is 1. The lowest BCUT2D eigenvalue weighted by molar-refractivity contribution is 0.0696. The zero-order chi connectivity index (χ0) is 29.4. The van der Waals surface area contributed by atoms with Crippen LogP contribution in [0.4, 0.5) is 23.1 Å². The summed E-state index contributed by atoms with van der Waals surface area (Å²) in [6, 6.07) is 10.9. The van der Waals surface area contributed by atoms with Crippen molar-refractivity contribution in [2.24, 2.45) is 0 Å². The third-order valence-corrected chi connectivity index (χ3v) is 8.36. The van der Waals surface area contributed by atoms with Gasteiger partial charge in [-0.3, -0.25) is 14.2 Å². The number of benzene rings is 1. The van der Waals surface area contributed by atoms with Crippen LogP contribution in [0.2, 0.25) is 0 Å². The van der Waals surface area contributed by atoms with Crippen LogP contribution in [-0.2, 0) is 0 Å². The smallest absolute Gasteiger partial charge is 0.335 e. The van der Waals surface area contributed by atoms with Gasteiger partial charge in [-0.15, -0.1) is 0 Å². The van der Waals surface area contributed by atoms with Crippen molar-refractivity contribution in [2.45, 2.75) is 45.6 Å². The summed E-state index contributed by atoms with van der Waals surface area (Å²) in [5.41, 5.74) is 3.40. The molecule has 11 nitrogen and oxygen atoms in total. The van der Waals surface area contributed by atoms with E-state index in [0.717, 1.165) is 63.2 Å². The molecule has 1 saturated heterocycles. The molecule has 0 unspecified atom stereocenters. The van der Waals surface area contributed by atoms with Crippen molar-refractivity contribution in [3.63, 3.8) is 0 Å². The van der Waals surface area contributed by atoms with E-state index in [1.807, 2.05) is 30.5 Å². The molecule has 1 aliphatic heterocycles. The minimum atomic E-state index is -0.924. The maximum Gasteiger partial charge on any atom is 0.335 e. The fourth-order valence-electron chi connectivity index (χ4n) is 6.11. The largest absolute Gasteiger partial charge is 0.478 e. The summed E-state index contributed by atoms with van der Waals surface area (Å²) in [6.45, 7) is 6.45. The summed E-state index contributed by atoms with van der Waals surface area (Å²) < 4.78 is 1.70. The number of piperazine rings is 1. The number of pyridine rings is 2. The highest BCUT2D eigenvalue weighted by molar-refractivity contribution is 5.99. The first-order valence-electron chi connectivity index (χ1n) is 14.3. The predicted molar refractivity (Wildman–Crippen MR) is 161 cm³/mol. The molecule has 1 aromatic carbocycles. The summed E-state index contributed by atoms with van der Waals surface area (Å²) in [4.78, 5) is 55.3. The number of carbonyl (C=O) groups is 2. The van der Waals surface area contributed by atoms with E-state index in [9.17, 15) is 14.4 Å². The van der Waals surface area contributed by atoms with Crippen LogP contribution < -0.4 is 20.7 Å². The van der Waals surface area contributed by atoms with Crippen molar-refractivity contribution < 1.29 is 14.7 Å². The number of carboxylic acids is 1. The molecule has 1 aliphatic carbocycles. The molecule has 4 aromatic rings. The molecule has 0 bridgehead atoms. The van der Waals surface area contributed by atoms with Crippen molar-refractivity contribution in [2.75, 3.05) is 41.3 Å².